The SMILES string of the molecule is C=C(C)CN(C)c1ccc(C(=O)OCC)cn1. The van der Waals surface area contributed by atoms with Crippen LogP contribution in [-0.4, -0.2) is 31.2 Å². The van der Waals surface area contributed by atoms with Gasteiger partial charge >= 0.3 is 5.97 Å². The number of pyridine rings is 1. The van der Waals surface area contributed by atoms with Crippen molar-refractivity contribution in [3.05, 3.63) is 36.0 Å². The first-order valence-corrected chi connectivity index (χ1v) is 5.53. The maximum Gasteiger partial charge on any atom is 0.339 e. The van der Waals surface area contributed by atoms with Gasteiger partial charge in [-0.25, -0.2) is 9.78 Å². The summed E-state index contributed by atoms with van der Waals surface area (Å²) in [7, 11) is 1.93. The monoisotopic (exact) mass is 234 g/mol. The number of aromatic nitrogens is 1. The van der Waals surface area contributed by atoms with Crippen LogP contribution in [-0.2, 0) is 4.74 Å². The van der Waals surface area contributed by atoms with E-state index in [4.69, 9.17) is 4.74 Å². The average Bonchev–Trinajstić information content (AvgIpc) is 2.28. The summed E-state index contributed by atoms with van der Waals surface area (Å²) in [4.78, 5) is 17.6. The Labute approximate surface area is 102 Å². The fourth-order valence-electron chi connectivity index (χ4n) is 1.43. The summed E-state index contributed by atoms with van der Waals surface area (Å²) >= 11 is 0. The van der Waals surface area contributed by atoms with E-state index in [0.29, 0.717) is 12.2 Å². The highest BCUT2D eigenvalue weighted by molar-refractivity contribution is 5.89. The number of hydrogen-bond donors (Lipinski definition) is 0. The zero-order valence-electron chi connectivity index (χ0n) is 10.6. The molecular weight excluding hydrogens is 216 g/mol. The van der Waals surface area contributed by atoms with E-state index >= 15 is 0 Å². The molecule has 0 unspecified atom stereocenters. The zero-order chi connectivity index (χ0) is 12.8. The Balaban J connectivity index is 2.73. The third-order valence-electron chi connectivity index (χ3n) is 2.16. The smallest absolute Gasteiger partial charge is 0.339 e. The van der Waals surface area contributed by atoms with E-state index in [2.05, 4.69) is 11.6 Å². The first-order chi connectivity index (χ1) is 8.04. The molecule has 0 N–H and O–H groups in total. The number of likely N-dealkylation sites (N-methyl/N-ethyl adjacent to an activating group) is 1. The van der Waals surface area contributed by atoms with E-state index in [1.165, 1.54) is 6.20 Å². The number of ether oxygens (including phenoxy) is 1. The zero-order valence-corrected chi connectivity index (χ0v) is 10.6. The van der Waals surface area contributed by atoms with Crippen LogP contribution in [0.2, 0.25) is 0 Å². The molecule has 0 radical (unpaired) electrons. The van der Waals surface area contributed by atoms with Crippen LogP contribution in [0.3, 0.4) is 0 Å². The molecule has 1 rings (SSSR count). The highest BCUT2D eigenvalue weighted by atomic mass is 16.5. The first kappa shape index (κ1) is 13.2. The molecule has 4 nitrogen and oxygen atoms in total. The molecule has 0 saturated carbocycles. The summed E-state index contributed by atoms with van der Waals surface area (Å²) in [5, 5.41) is 0. The molecule has 0 aliphatic rings. The van der Waals surface area contributed by atoms with E-state index in [1.54, 1.807) is 19.1 Å². The van der Waals surface area contributed by atoms with Crippen LogP contribution < -0.4 is 4.90 Å². The Morgan fingerprint density at radius 3 is 2.71 bits per heavy atom. The highest BCUT2D eigenvalue weighted by Gasteiger charge is 2.08. The van der Waals surface area contributed by atoms with Gasteiger partial charge in [-0.05, 0) is 26.0 Å². The van der Waals surface area contributed by atoms with E-state index in [1.807, 2.05) is 18.9 Å². The number of nitrogens with zero attached hydrogens (tertiary/aromatic N) is 2. The number of anilines is 1. The van der Waals surface area contributed by atoms with Crippen LogP contribution in [0.5, 0.6) is 0 Å². The van der Waals surface area contributed by atoms with Gasteiger partial charge in [0.25, 0.3) is 0 Å². The Morgan fingerprint density at radius 2 is 2.24 bits per heavy atom. The molecule has 0 atom stereocenters. The second-order valence-corrected chi connectivity index (χ2v) is 3.94. The van der Waals surface area contributed by atoms with Gasteiger partial charge in [0.15, 0.2) is 0 Å². The Kier molecular flexibility index (Phi) is 4.69. The van der Waals surface area contributed by atoms with Gasteiger partial charge in [0.1, 0.15) is 5.82 Å². The normalized spacial score (nSPS) is 9.82. The van der Waals surface area contributed by atoms with Crippen LogP contribution >= 0.6 is 0 Å². The van der Waals surface area contributed by atoms with Crippen molar-refractivity contribution in [3.63, 3.8) is 0 Å². The number of carbonyl (C=O) groups is 1. The molecule has 0 bridgehead atoms. The number of hydrogen-bond acceptors (Lipinski definition) is 4. The molecule has 1 heterocycles. The van der Waals surface area contributed by atoms with Crippen molar-refractivity contribution in [2.24, 2.45) is 0 Å². The second-order valence-electron chi connectivity index (χ2n) is 3.94. The third-order valence-corrected chi connectivity index (χ3v) is 2.16. The van der Waals surface area contributed by atoms with Gasteiger partial charge in [0.05, 0.1) is 12.2 Å². The quantitative estimate of drug-likeness (QED) is 0.579. The standard InChI is InChI=1S/C13H18N2O2/c1-5-17-13(16)11-6-7-12(14-8-11)15(4)9-10(2)3/h6-8H,2,5,9H2,1,3-4H3. The van der Waals surface area contributed by atoms with E-state index in [-0.39, 0.29) is 5.97 Å². The van der Waals surface area contributed by atoms with Crippen LogP contribution in [0.25, 0.3) is 0 Å². The van der Waals surface area contributed by atoms with Crippen LogP contribution in [0.1, 0.15) is 24.2 Å². The van der Waals surface area contributed by atoms with Gasteiger partial charge < -0.3 is 9.64 Å². The topological polar surface area (TPSA) is 42.4 Å². The lowest BCUT2D eigenvalue weighted by Gasteiger charge is -2.17. The van der Waals surface area contributed by atoms with Crippen molar-refractivity contribution in [1.82, 2.24) is 4.98 Å². The maximum absolute atomic E-state index is 11.4. The van der Waals surface area contributed by atoms with Crippen molar-refractivity contribution in [2.75, 3.05) is 25.1 Å². The fraction of sp³-hybridized carbons (Fsp3) is 0.385. The second kappa shape index (κ2) is 6.03. The molecule has 0 aliphatic heterocycles. The number of rotatable bonds is 5. The highest BCUT2D eigenvalue weighted by Crippen LogP contribution is 2.11. The van der Waals surface area contributed by atoms with Crippen molar-refractivity contribution in [2.45, 2.75) is 13.8 Å². The lowest BCUT2D eigenvalue weighted by atomic mass is 10.2. The van der Waals surface area contributed by atoms with Crippen LogP contribution in [0.4, 0.5) is 5.82 Å². The minimum absolute atomic E-state index is 0.339. The van der Waals surface area contributed by atoms with E-state index < -0.39 is 0 Å². The lowest BCUT2D eigenvalue weighted by Crippen LogP contribution is -2.20. The average molecular weight is 234 g/mol. The van der Waals surface area contributed by atoms with Gasteiger partial charge in [-0.3, -0.25) is 0 Å². The molecule has 0 aliphatic carbocycles. The summed E-state index contributed by atoms with van der Waals surface area (Å²) in [5.74, 6) is 0.468. The summed E-state index contributed by atoms with van der Waals surface area (Å²) in [5.41, 5.74) is 1.53. The third kappa shape index (κ3) is 3.90. The molecule has 4 heteroatoms. The predicted octanol–water partition coefficient (Wildman–Crippen LogP) is 2.27. The predicted molar refractivity (Wildman–Crippen MR) is 68.3 cm³/mol. The molecular formula is C13H18N2O2. The van der Waals surface area contributed by atoms with Crippen molar-refractivity contribution in [1.29, 1.82) is 0 Å². The summed E-state index contributed by atoms with van der Waals surface area (Å²) in [6.45, 7) is 8.70. The molecule has 1 aromatic heterocycles. The molecule has 0 saturated heterocycles. The van der Waals surface area contributed by atoms with Crippen molar-refractivity contribution in [3.8, 4) is 0 Å². The Morgan fingerprint density at radius 1 is 1.53 bits per heavy atom. The van der Waals surface area contributed by atoms with Crippen molar-refractivity contribution >= 4 is 11.8 Å². The fourth-order valence-corrected chi connectivity index (χ4v) is 1.43. The first-order valence-electron chi connectivity index (χ1n) is 5.53. The van der Waals surface area contributed by atoms with Gasteiger partial charge in [0.2, 0.25) is 0 Å². The van der Waals surface area contributed by atoms with Gasteiger partial charge in [-0.1, -0.05) is 12.2 Å². The van der Waals surface area contributed by atoms with E-state index in [0.717, 1.165) is 17.9 Å². The molecule has 1 aromatic rings. The molecule has 0 aromatic carbocycles. The van der Waals surface area contributed by atoms with E-state index in [9.17, 15) is 4.79 Å². The molecule has 0 spiro atoms. The largest absolute Gasteiger partial charge is 0.462 e. The van der Waals surface area contributed by atoms with Crippen LogP contribution in [0.15, 0.2) is 30.5 Å². The minimum Gasteiger partial charge on any atom is -0.462 e. The number of esters is 1. The van der Waals surface area contributed by atoms with Gasteiger partial charge in [0, 0.05) is 19.8 Å². The Bertz CT molecular complexity index is 398. The summed E-state index contributed by atoms with van der Waals surface area (Å²) in [6.07, 6.45) is 1.53. The maximum atomic E-state index is 11.4. The van der Waals surface area contributed by atoms with Gasteiger partial charge in [-0.15, -0.1) is 0 Å². The summed E-state index contributed by atoms with van der Waals surface area (Å²) < 4.78 is 4.89. The van der Waals surface area contributed by atoms with Crippen molar-refractivity contribution < 1.29 is 9.53 Å². The van der Waals surface area contributed by atoms with Crippen LogP contribution in [0, 0.1) is 0 Å². The molecule has 0 fully saturated rings. The minimum atomic E-state index is -0.339. The molecule has 17 heavy (non-hydrogen) atoms. The molecule has 92 valence electrons. The molecule has 0 amide bonds. The summed E-state index contributed by atoms with van der Waals surface area (Å²) in [6, 6.07) is 3.52. The lowest BCUT2D eigenvalue weighted by molar-refractivity contribution is 0.0526. The number of carbonyl (C=O) groups excluding carboxylic acids is 1. The Hall–Kier alpha value is -1.84. The van der Waals surface area contributed by atoms with Gasteiger partial charge in [-0.2, -0.15) is 0 Å².